The Morgan fingerprint density at radius 2 is 1.80 bits per heavy atom. The number of ether oxygens (including phenoxy) is 2. The second-order valence-electron chi connectivity index (χ2n) is 10.3. The highest BCUT2D eigenvalue weighted by Crippen LogP contribution is 2.36. The molecule has 2 heterocycles. The fraction of sp³-hybridized carbons (Fsp3) is 0.355. The van der Waals surface area contributed by atoms with Crippen molar-refractivity contribution in [3.8, 4) is 11.5 Å². The minimum absolute atomic E-state index is 0.112. The highest BCUT2D eigenvalue weighted by Gasteiger charge is 2.27. The van der Waals surface area contributed by atoms with Crippen LogP contribution in [-0.2, 0) is 6.42 Å². The molecule has 1 fully saturated rings. The number of para-hydroxylation sites is 1. The second-order valence-corrected chi connectivity index (χ2v) is 10.3. The Morgan fingerprint density at radius 1 is 1.05 bits per heavy atom. The summed E-state index contributed by atoms with van der Waals surface area (Å²) in [7, 11) is 7.15. The highest BCUT2D eigenvalue weighted by molar-refractivity contribution is 6.30. The third kappa shape index (κ3) is 6.02. The number of likely N-dealkylation sites (tertiary alicyclic amines) is 1. The molecule has 214 valence electrons. The number of aromatic nitrogens is 2. The predicted octanol–water partition coefficient (Wildman–Crippen LogP) is 4.12. The van der Waals surface area contributed by atoms with Crippen LogP contribution in [-0.4, -0.2) is 73.9 Å². The molecular formula is C31H37N7O3. The largest absolute Gasteiger partial charge is 0.496 e. The van der Waals surface area contributed by atoms with E-state index in [0.29, 0.717) is 52.9 Å². The molecule has 4 N–H and O–H groups in total. The van der Waals surface area contributed by atoms with Gasteiger partial charge in [-0.15, -0.1) is 0 Å². The van der Waals surface area contributed by atoms with Crippen LogP contribution in [0.3, 0.4) is 0 Å². The first-order chi connectivity index (χ1) is 19.9. The van der Waals surface area contributed by atoms with Gasteiger partial charge in [0.25, 0.3) is 5.91 Å². The van der Waals surface area contributed by atoms with Crippen molar-refractivity contribution in [2.45, 2.75) is 31.7 Å². The Balaban J connectivity index is 1.43. The molecule has 0 saturated carbocycles. The Labute approximate surface area is 240 Å². The normalized spacial score (nSPS) is 16.9. The van der Waals surface area contributed by atoms with Crippen molar-refractivity contribution >= 4 is 34.5 Å². The third-order valence-electron chi connectivity index (χ3n) is 7.69. The number of aryl methyl sites for hydroxylation is 1. The molecule has 1 aliphatic carbocycles. The molecular weight excluding hydrogens is 518 g/mol. The van der Waals surface area contributed by atoms with Gasteiger partial charge in [-0.25, -0.2) is 9.97 Å². The Morgan fingerprint density at radius 3 is 2.54 bits per heavy atom. The number of benzene rings is 2. The standard InChI is InChI=1S/C31H37N7O3/c1-33-29(22-7-5-6-8-25(22)40-3)27-23(32)11-9-20-18-34-31(37-28(20)27)36-24-12-10-19(17-26(24)41-4)30(39)35-21-13-15-38(2)16-14-21/h5-8,10,12,17-18,21,32-33H,9,11,13-16H2,1-4H3,(H,35,39)(H,34,36,37)/b29-27+,32-23?. The van der Waals surface area contributed by atoms with Crippen molar-refractivity contribution in [2.75, 3.05) is 46.7 Å². The van der Waals surface area contributed by atoms with Crippen LogP contribution in [0.2, 0.25) is 0 Å². The zero-order valence-corrected chi connectivity index (χ0v) is 24.0. The number of hydrogen-bond donors (Lipinski definition) is 4. The monoisotopic (exact) mass is 555 g/mol. The van der Waals surface area contributed by atoms with Crippen LogP contribution >= 0.6 is 0 Å². The Hall–Kier alpha value is -4.44. The van der Waals surface area contributed by atoms with Gasteiger partial charge in [-0.3, -0.25) is 4.79 Å². The van der Waals surface area contributed by atoms with E-state index in [1.165, 1.54) is 0 Å². The number of anilines is 2. The molecule has 1 saturated heterocycles. The van der Waals surface area contributed by atoms with Gasteiger partial charge in [0.2, 0.25) is 5.95 Å². The van der Waals surface area contributed by atoms with E-state index in [1.54, 1.807) is 32.4 Å². The van der Waals surface area contributed by atoms with Crippen LogP contribution in [0.1, 0.15) is 46.4 Å². The maximum atomic E-state index is 12.9. The number of carbonyl (C=O) groups excluding carboxylic acids is 1. The molecule has 1 aliphatic heterocycles. The summed E-state index contributed by atoms with van der Waals surface area (Å²) in [5.41, 5.74) is 5.68. The molecule has 0 bridgehead atoms. The molecule has 41 heavy (non-hydrogen) atoms. The zero-order chi connectivity index (χ0) is 28.9. The number of methoxy groups -OCH3 is 2. The van der Waals surface area contributed by atoms with E-state index in [-0.39, 0.29) is 11.9 Å². The molecule has 2 aliphatic rings. The molecule has 0 radical (unpaired) electrons. The summed E-state index contributed by atoms with van der Waals surface area (Å²) >= 11 is 0. The fourth-order valence-electron chi connectivity index (χ4n) is 5.39. The van der Waals surface area contributed by atoms with Gasteiger partial charge in [-0.1, -0.05) is 12.1 Å². The van der Waals surface area contributed by atoms with Crippen LogP contribution in [0.15, 0.2) is 48.7 Å². The van der Waals surface area contributed by atoms with Crippen molar-refractivity contribution in [3.63, 3.8) is 0 Å². The van der Waals surface area contributed by atoms with Gasteiger partial charge in [0.05, 0.1) is 31.3 Å². The first-order valence-electron chi connectivity index (χ1n) is 13.9. The zero-order valence-electron chi connectivity index (χ0n) is 24.0. The second kappa shape index (κ2) is 12.4. The predicted molar refractivity (Wildman–Crippen MR) is 161 cm³/mol. The number of rotatable bonds is 8. The first-order valence-corrected chi connectivity index (χ1v) is 13.9. The van der Waals surface area contributed by atoms with E-state index in [2.05, 4.69) is 32.9 Å². The van der Waals surface area contributed by atoms with Crippen LogP contribution in [0.4, 0.5) is 11.6 Å². The van der Waals surface area contributed by atoms with Crippen molar-refractivity contribution in [1.82, 2.24) is 25.5 Å². The number of carbonyl (C=O) groups is 1. The molecule has 0 atom stereocenters. The molecule has 1 amide bonds. The molecule has 3 aromatic rings. The number of nitrogens with zero attached hydrogens (tertiary/aromatic N) is 3. The van der Waals surface area contributed by atoms with Crippen molar-refractivity contribution in [2.24, 2.45) is 0 Å². The van der Waals surface area contributed by atoms with Gasteiger partial charge in [-0.2, -0.15) is 0 Å². The molecule has 10 nitrogen and oxygen atoms in total. The molecule has 5 rings (SSSR count). The van der Waals surface area contributed by atoms with Gasteiger partial charge in [0.15, 0.2) is 0 Å². The third-order valence-corrected chi connectivity index (χ3v) is 7.69. The lowest BCUT2D eigenvalue weighted by molar-refractivity contribution is 0.0916. The Bertz CT molecular complexity index is 1480. The summed E-state index contributed by atoms with van der Waals surface area (Å²) < 4.78 is 11.2. The SMILES string of the molecule is CN/C(=C1\C(=N)CCc2cnc(Nc3ccc(C(=O)NC4CCN(C)CC4)cc3OC)nc21)c1ccccc1OC. The quantitative estimate of drug-likeness (QED) is 0.327. The number of hydrogen-bond acceptors (Lipinski definition) is 9. The van der Waals surface area contributed by atoms with Gasteiger partial charge in [0.1, 0.15) is 11.5 Å². The number of amides is 1. The van der Waals surface area contributed by atoms with Gasteiger partial charge in [0, 0.05) is 41.7 Å². The minimum Gasteiger partial charge on any atom is -0.496 e. The minimum atomic E-state index is -0.112. The maximum absolute atomic E-state index is 12.9. The van der Waals surface area contributed by atoms with E-state index in [1.807, 2.05) is 37.5 Å². The van der Waals surface area contributed by atoms with Crippen LogP contribution in [0.5, 0.6) is 11.5 Å². The molecule has 1 aromatic heterocycles. The summed E-state index contributed by atoms with van der Waals surface area (Å²) in [4.78, 5) is 24.6. The number of allylic oxidation sites excluding steroid dienone is 1. The average Bonchev–Trinajstić information content (AvgIpc) is 3.00. The van der Waals surface area contributed by atoms with Crippen molar-refractivity contribution in [3.05, 3.63) is 71.0 Å². The lowest BCUT2D eigenvalue weighted by Gasteiger charge is -2.29. The maximum Gasteiger partial charge on any atom is 0.251 e. The summed E-state index contributed by atoms with van der Waals surface area (Å²) in [5, 5.41) is 18.5. The first kappa shape index (κ1) is 28.1. The van der Waals surface area contributed by atoms with Gasteiger partial charge < -0.3 is 35.7 Å². The molecule has 0 spiro atoms. The van der Waals surface area contributed by atoms with Crippen LogP contribution < -0.4 is 25.4 Å². The lowest BCUT2D eigenvalue weighted by atomic mass is 9.87. The summed E-state index contributed by atoms with van der Waals surface area (Å²) in [6.45, 7) is 1.95. The smallest absolute Gasteiger partial charge is 0.251 e. The lowest BCUT2D eigenvalue weighted by Crippen LogP contribution is -2.43. The van der Waals surface area contributed by atoms with E-state index in [9.17, 15) is 4.79 Å². The van der Waals surface area contributed by atoms with Crippen LogP contribution in [0.25, 0.3) is 11.3 Å². The van der Waals surface area contributed by atoms with Crippen molar-refractivity contribution < 1.29 is 14.3 Å². The van der Waals surface area contributed by atoms with Gasteiger partial charge >= 0.3 is 0 Å². The van der Waals surface area contributed by atoms with E-state index >= 15 is 0 Å². The number of fused-ring (bicyclic) bond motifs is 1. The molecule has 2 aromatic carbocycles. The molecule has 10 heteroatoms. The van der Waals surface area contributed by atoms with Gasteiger partial charge in [-0.05, 0) is 81.7 Å². The summed E-state index contributed by atoms with van der Waals surface area (Å²) in [6.07, 6.45) is 4.96. The summed E-state index contributed by atoms with van der Waals surface area (Å²) in [6, 6.07) is 13.2. The topological polar surface area (TPSA) is 124 Å². The number of piperidine rings is 1. The Kier molecular flexibility index (Phi) is 8.49. The van der Waals surface area contributed by atoms with Crippen LogP contribution in [0, 0.1) is 5.41 Å². The highest BCUT2D eigenvalue weighted by atomic mass is 16.5. The molecule has 0 unspecified atom stereocenters. The number of nitrogens with one attached hydrogen (secondary N) is 4. The average molecular weight is 556 g/mol. The van der Waals surface area contributed by atoms with Crippen molar-refractivity contribution in [1.29, 1.82) is 5.41 Å². The summed E-state index contributed by atoms with van der Waals surface area (Å²) in [5.74, 6) is 1.48. The van der Waals surface area contributed by atoms with E-state index in [0.717, 1.165) is 48.3 Å². The van der Waals surface area contributed by atoms with E-state index < -0.39 is 0 Å². The van der Waals surface area contributed by atoms with E-state index in [4.69, 9.17) is 19.9 Å². The fourth-order valence-corrected chi connectivity index (χ4v) is 5.39.